The second-order valence-corrected chi connectivity index (χ2v) is 6.59. The van der Waals surface area contributed by atoms with Crippen LogP contribution in [0.5, 0.6) is 5.88 Å². The van der Waals surface area contributed by atoms with Crippen LogP contribution in [0.1, 0.15) is 21.6 Å². The van der Waals surface area contributed by atoms with Gasteiger partial charge in [-0.15, -0.1) is 5.10 Å². The maximum atomic E-state index is 13.1. The minimum absolute atomic E-state index is 0.131. The van der Waals surface area contributed by atoms with Crippen molar-refractivity contribution in [3.05, 3.63) is 76.5 Å². The van der Waals surface area contributed by atoms with Crippen LogP contribution in [-0.2, 0) is 19.7 Å². The van der Waals surface area contributed by atoms with Crippen molar-refractivity contribution in [1.29, 1.82) is 0 Å². The molecule has 0 saturated heterocycles. The molecule has 3 heterocycles. The Labute approximate surface area is 160 Å². The maximum Gasteiger partial charge on any atom is 0.254 e. The van der Waals surface area contributed by atoms with E-state index in [1.807, 2.05) is 10.7 Å². The number of carbonyl (C=O) groups is 1. The standard InChI is InChI=1S/C19H16ClFN4O2/c20-17-10-22-6-5-14(17)12-27-18-9-16-11-24(7-8-25(16)23-18)19(26)13-1-3-15(21)4-2-13/h1-6,9-10H,7-8,11-12H2. The Morgan fingerprint density at radius 1 is 1.22 bits per heavy atom. The second kappa shape index (κ2) is 7.36. The monoisotopic (exact) mass is 386 g/mol. The van der Waals surface area contributed by atoms with E-state index in [0.29, 0.717) is 36.1 Å². The first kappa shape index (κ1) is 17.5. The molecular formula is C19H16ClFN4O2. The van der Waals surface area contributed by atoms with E-state index in [0.717, 1.165) is 11.3 Å². The summed E-state index contributed by atoms with van der Waals surface area (Å²) < 4.78 is 20.6. The molecule has 0 aliphatic carbocycles. The summed E-state index contributed by atoms with van der Waals surface area (Å²) in [5.41, 5.74) is 2.17. The van der Waals surface area contributed by atoms with Gasteiger partial charge in [-0.1, -0.05) is 11.6 Å². The van der Waals surface area contributed by atoms with Crippen molar-refractivity contribution in [2.24, 2.45) is 0 Å². The summed E-state index contributed by atoms with van der Waals surface area (Å²) in [6.07, 6.45) is 3.22. The van der Waals surface area contributed by atoms with Gasteiger partial charge in [0, 0.05) is 36.1 Å². The average molecular weight is 387 g/mol. The number of aromatic nitrogens is 3. The number of pyridine rings is 1. The molecule has 0 spiro atoms. The quantitative estimate of drug-likeness (QED) is 0.690. The predicted molar refractivity (Wildman–Crippen MR) is 96.9 cm³/mol. The summed E-state index contributed by atoms with van der Waals surface area (Å²) >= 11 is 6.08. The molecule has 4 rings (SSSR count). The molecule has 3 aromatic rings. The fourth-order valence-electron chi connectivity index (χ4n) is 2.93. The molecule has 8 heteroatoms. The van der Waals surface area contributed by atoms with Crippen molar-refractivity contribution >= 4 is 17.5 Å². The molecule has 1 aliphatic heterocycles. The van der Waals surface area contributed by atoms with Crippen LogP contribution in [-0.4, -0.2) is 32.1 Å². The minimum Gasteiger partial charge on any atom is -0.472 e. The van der Waals surface area contributed by atoms with Gasteiger partial charge in [0.2, 0.25) is 5.88 Å². The lowest BCUT2D eigenvalue weighted by Gasteiger charge is -2.27. The molecule has 0 N–H and O–H groups in total. The maximum absolute atomic E-state index is 13.1. The first-order valence-corrected chi connectivity index (χ1v) is 8.81. The summed E-state index contributed by atoms with van der Waals surface area (Å²) in [4.78, 5) is 18.3. The Hall–Kier alpha value is -2.93. The number of hydrogen-bond acceptors (Lipinski definition) is 4. The van der Waals surface area contributed by atoms with Crippen LogP contribution in [0, 0.1) is 5.82 Å². The molecule has 0 unspecified atom stereocenters. The third-order valence-electron chi connectivity index (χ3n) is 4.39. The van der Waals surface area contributed by atoms with Gasteiger partial charge in [-0.25, -0.2) is 4.39 Å². The van der Waals surface area contributed by atoms with Gasteiger partial charge in [-0.3, -0.25) is 14.5 Å². The highest BCUT2D eigenvalue weighted by Crippen LogP contribution is 2.22. The third kappa shape index (κ3) is 3.78. The van der Waals surface area contributed by atoms with E-state index >= 15 is 0 Å². The van der Waals surface area contributed by atoms with Crippen molar-refractivity contribution in [3.8, 4) is 5.88 Å². The number of ether oxygens (including phenoxy) is 1. The molecule has 1 aliphatic rings. The van der Waals surface area contributed by atoms with Gasteiger partial charge >= 0.3 is 0 Å². The Kier molecular flexibility index (Phi) is 4.77. The lowest BCUT2D eigenvalue weighted by molar-refractivity contribution is 0.0706. The highest BCUT2D eigenvalue weighted by Gasteiger charge is 2.23. The van der Waals surface area contributed by atoms with Gasteiger partial charge < -0.3 is 9.64 Å². The van der Waals surface area contributed by atoms with Crippen LogP contribution in [0.15, 0.2) is 48.8 Å². The van der Waals surface area contributed by atoms with Crippen LogP contribution < -0.4 is 4.74 Å². The van der Waals surface area contributed by atoms with Crippen LogP contribution >= 0.6 is 11.6 Å². The molecule has 0 bridgehead atoms. The molecule has 6 nitrogen and oxygen atoms in total. The van der Waals surface area contributed by atoms with Gasteiger partial charge in [-0.2, -0.15) is 0 Å². The zero-order valence-electron chi connectivity index (χ0n) is 14.3. The molecular weight excluding hydrogens is 371 g/mol. The van der Waals surface area contributed by atoms with Gasteiger partial charge in [0.15, 0.2) is 0 Å². The van der Waals surface area contributed by atoms with Crippen molar-refractivity contribution in [1.82, 2.24) is 19.7 Å². The van der Waals surface area contributed by atoms with Gasteiger partial charge in [0.1, 0.15) is 12.4 Å². The first-order chi connectivity index (χ1) is 13.1. The van der Waals surface area contributed by atoms with E-state index in [9.17, 15) is 9.18 Å². The minimum atomic E-state index is -0.362. The van der Waals surface area contributed by atoms with E-state index in [1.54, 1.807) is 23.4 Å². The van der Waals surface area contributed by atoms with E-state index < -0.39 is 0 Å². The van der Waals surface area contributed by atoms with E-state index in [1.165, 1.54) is 24.3 Å². The number of fused-ring (bicyclic) bond motifs is 1. The van der Waals surface area contributed by atoms with Crippen molar-refractivity contribution in [2.75, 3.05) is 6.54 Å². The molecule has 0 radical (unpaired) electrons. The molecule has 27 heavy (non-hydrogen) atoms. The number of benzene rings is 1. The van der Waals surface area contributed by atoms with Gasteiger partial charge in [0.05, 0.1) is 23.8 Å². The van der Waals surface area contributed by atoms with Gasteiger partial charge in [-0.05, 0) is 30.3 Å². The van der Waals surface area contributed by atoms with Crippen LogP contribution in [0.2, 0.25) is 5.02 Å². The number of carbonyl (C=O) groups excluding carboxylic acids is 1. The average Bonchev–Trinajstić information content (AvgIpc) is 3.09. The molecule has 2 aromatic heterocycles. The Morgan fingerprint density at radius 2 is 2.04 bits per heavy atom. The Bertz CT molecular complexity index is 974. The van der Waals surface area contributed by atoms with Gasteiger partial charge in [0.25, 0.3) is 5.91 Å². The van der Waals surface area contributed by atoms with E-state index in [-0.39, 0.29) is 18.3 Å². The lowest BCUT2D eigenvalue weighted by atomic mass is 10.1. The van der Waals surface area contributed by atoms with Crippen LogP contribution in [0.3, 0.4) is 0 Å². The van der Waals surface area contributed by atoms with E-state index in [4.69, 9.17) is 16.3 Å². The number of halogens is 2. The predicted octanol–water partition coefficient (Wildman–Crippen LogP) is 3.31. The summed E-state index contributed by atoms with van der Waals surface area (Å²) in [6.45, 7) is 1.81. The van der Waals surface area contributed by atoms with Crippen LogP contribution in [0.25, 0.3) is 0 Å². The SMILES string of the molecule is O=C(c1ccc(F)cc1)N1CCn2nc(OCc3ccncc3Cl)cc2C1. The highest BCUT2D eigenvalue weighted by molar-refractivity contribution is 6.31. The second-order valence-electron chi connectivity index (χ2n) is 6.19. The lowest BCUT2D eigenvalue weighted by Crippen LogP contribution is -2.38. The fourth-order valence-corrected chi connectivity index (χ4v) is 3.11. The smallest absolute Gasteiger partial charge is 0.254 e. The summed E-state index contributed by atoms with van der Waals surface area (Å²) in [6, 6.07) is 9.18. The molecule has 1 aromatic carbocycles. The molecule has 0 fully saturated rings. The van der Waals surface area contributed by atoms with E-state index in [2.05, 4.69) is 10.1 Å². The zero-order valence-corrected chi connectivity index (χ0v) is 15.1. The highest BCUT2D eigenvalue weighted by atomic mass is 35.5. The largest absolute Gasteiger partial charge is 0.472 e. The Balaban J connectivity index is 1.43. The molecule has 0 atom stereocenters. The molecule has 1 amide bonds. The number of nitrogens with zero attached hydrogens (tertiary/aromatic N) is 4. The van der Waals surface area contributed by atoms with Crippen molar-refractivity contribution in [2.45, 2.75) is 19.7 Å². The van der Waals surface area contributed by atoms with Crippen molar-refractivity contribution < 1.29 is 13.9 Å². The Morgan fingerprint density at radius 3 is 2.81 bits per heavy atom. The normalized spacial score (nSPS) is 13.3. The van der Waals surface area contributed by atoms with Crippen LogP contribution in [0.4, 0.5) is 4.39 Å². The molecule has 138 valence electrons. The molecule has 0 saturated carbocycles. The number of rotatable bonds is 4. The summed E-state index contributed by atoms with van der Waals surface area (Å²) in [5, 5.41) is 4.96. The number of hydrogen-bond donors (Lipinski definition) is 0. The van der Waals surface area contributed by atoms with Crippen molar-refractivity contribution in [3.63, 3.8) is 0 Å². The third-order valence-corrected chi connectivity index (χ3v) is 4.73. The topological polar surface area (TPSA) is 60.2 Å². The summed E-state index contributed by atoms with van der Waals surface area (Å²) in [5.74, 6) is -0.0122. The summed E-state index contributed by atoms with van der Waals surface area (Å²) in [7, 11) is 0. The zero-order chi connectivity index (χ0) is 18.8. The number of amides is 1. The first-order valence-electron chi connectivity index (χ1n) is 8.43. The fraction of sp³-hybridized carbons (Fsp3) is 0.211.